The maximum absolute atomic E-state index is 5.14. The molecule has 1 aromatic heterocycles. The van der Waals surface area contributed by atoms with Gasteiger partial charge in [0.05, 0.1) is 17.3 Å². The van der Waals surface area contributed by atoms with E-state index < -0.39 is 0 Å². The Kier molecular flexibility index (Phi) is 4.49. The molecule has 138 valence electrons. The van der Waals surface area contributed by atoms with Gasteiger partial charge in [0.2, 0.25) is 0 Å². The van der Waals surface area contributed by atoms with E-state index in [4.69, 9.17) is 5.10 Å². The molecule has 0 unspecified atom stereocenters. The zero-order valence-corrected chi connectivity index (χ0v) is 16.9. The highest BCUT2D eigenvalue weighted by molar-refractivity contribution is 9.10. The Morgan fingerprint density at radius 2 is 1.43 bits per heavy atom. The van der Waals surface area contributed by atoms with Gasteiger partial charge in [-0.1, -0.05) is 72.8 Å². The van der Waals surface area contributed by atoms with Crippen molar-refractivity contribution in [2.45, 2.75) is 12.3 Å². The van der Waals surface area contributed by atoms with Crippen molar-refractivity contribution in [3.8, 4) is 5.69 Å². The van der Waals surface area contributed by atoms with Crippen LogP contribution in [0.2, 0.25) is 0 Å². The number of nitrogens with zero attached hydrogens (tertiary/aromatic N) is 2. The molecule has 0 atom stereocenters. The van der Waals surface area contributed by atoms with E-state index in [1.54, 1.807) is 0 Å². The zero-order chi connectivity index (χ0) is 18.9. The lowest BCUT2D eigenvalue weighted by molar-refractivity contribution is 0.800. The fourth-order valence-electron chi connectivity index (χ4n) is 4.03. The van der Waals surface area contributed by atoms with Crippen LogP contribution >= 0.6 is 15.9 Å². The van der Waals surface area contributed by atoms with Crippen LogP contribution in [0.4, 0.5) is 5.82 Å². The minimum atomic E-state index is 0.111. The molecule has 0 saturated carbocycles. The Hall–Kier alpha value is -2.85. The number of benzene rings is 3. The van der Waals surface area contributed by atoms with Crippen LogP contribution in [0, 0.1) is 0 Å². The average Bonchev–Trinajstić information content (AvgIpc) is 3.34. The molecule has 0 radical (unpaired) electrons. The Bertz CT molecular complexity index is 1060. The largest absolute Gasteiger partial charge is 0.369 e. The van der Waals surface area contributed by atoms with Gasteiger partial charge in [-0.05, 0) is 45.6 Å². The first kappa shape index (κ1) is 17.3. The van der Waals surface area contributed by atoms with Gasteiger partial charge in [0, 0.05) is 16.6 Å². The molecule has 5 rings (SSSR count). The van der Waals surface area contributed by atoms with Gasteiger partial charge >= 0.3 is 0 Å². The highest BCUT2D eigenvalue weighted by Crippen LogP contribution is 2.39. The number of anilines is 1. The minimum Gasteiger partial charge on any atom is -0.369 e. The van der Waals surface area contributed by atoms with Crippen molar-refractivity contribution in [1.29, 1.82) is 0 Å². The van der Waals surface area contributed by atoms with Crippen LogP contribution < -0.4 is 5.32 Å². The van der Waals surface area contributed by atoms with E-state index in [0.717, 1.165) is 34.6 Å². The molecular weight excluding hydrogens is 410 g/mol. The molecule has 4 aromatic rings. The average molecular weight is 430 g/mol. The third kappa shape index (κ3) is 2.94. The minimum absolute atomic E-state index is 0.111. The van der Waals surface area contributed by atoms with Crippen molar-refractivity contribution in [2.75, 3.05) is 11.9 Å². The summed E-state index contributed by atoms with van der Waals surface area (Å²) in [6.45, 7) is 0.945. The van der Waals surface area contributed by atoms with E-state index in [-0.39, 0.29) is 5.92 Å². The zero-order valence-electron chi connectivity index (χ0n) is 15.3. The fourth-order valence-corrected chi connectivity index (χ4v) is 4.48. The summed E-state index contributed by atoms with van der Waals surface area (Å²) >= 11 is 3.69. The van der Waals surface area contributed by atoms with Crippen LogP contribution in [0.25, 0.3) is 5.69 Å². The number of nitrogens with one attached hydrogen (secondary N) is 1. The van der Waals surface area contributed by atoms with Gasteiger partial charge in [-0.15, -0.1) is 0 Å². The molecule has 0 saturated heterocycles. The molecule has 2 heterocycles. The summed E-state index contributed by atoms with van der Waals surface area (Å²) in [5, 5.41) is 8.69. The third-order valence-electron chi connectivity index (χ3n) is 5.30. The van der Waals surface area contributed by atoms with Crippen LogP contribution in [-0.4, -0.2) is 16.3 Å². The topological polar surface area (TPSA) is 29.9 Å². The molecule has 1 N–H and O–H groups in total. The molecular formula is C24H20BrN3. The Balaban J connectivity index is 1.73. The quantitative estimate of drug-likeness (QED) is 0.445. The maximum Gasteiger partial charge on any atom is 0.133 e. The second-order valence-electron chi connectivity index (χ2n) is 7.01. The van der Waals surface area contributed by atoms with Crippen molar-refractivity contribution in [1.82, 2.24) is 9.78 Å². The van der Waals surface area contributed by atoms with Gasteiger partial charge in [0.15, 0.2) is 0 Å². The predicted octanol–water partition coefficient (Wildman–Crippen LogP) is 5.78. The highest BCUT2D eigenvalue weighted by atomic mass is 79.9. The Morgan fingerprint density at radius 1 is 0.821 bits per heavy atom. The molecule has 28 heavy (non-hydrogen) atoms. The number of hydrogen-bond donors (Lipinski definition) is 1. The van der Waals surface area contributed by atoms with Gasteiger partial charge < -0.3 is 5.32 Å². The third-order valence-corrected chi connectivity index (χ3v) is 5.97. The summed E-state index contributed by atoms with van der Waals surface area (Å²) in [4.78, 5) is 0. The number of para-hydroxylation sites is 1. The van der Waals surface area contributed by atoms with Crippen LogP contribution in [-0.2, 0) is 6.42 Å². The molecule has 3 aromatic carbocycles. The summed E-state index contributed by atoms with van der Waals surface area (Å²) in [6, 6.07) is 29.6. The number of fused-ring (bicyclic) bond motifs is 1. The smallest absolute Gasteiger partial charge is 0.133 e. The first-order valence-corrected chi connectivity index (χ1v) is 10.3. The van der Waals surface area contributed by atoms with Gasteiger partial charge in [-0.2, -0.15) is 5.10 Å². The Morgan fingerprint density at radius 3 is 2.07 bits per heavy atom. The van der Waals surface area contributed by atoms with E-state index in [1.807, 2.05) is 6.07 Å². The molecule has 0 amide bonds. The van der Waals surface area contributed by atoms with Crippen LogP contribution in [0.5, 0.6) is 0 Å². The lowest BCUT2D eigenvalue weighted by Gasteiger charge is -2.17. The lowest BCUT2D eigenvalue weighted by Crippen LogP contribution is -2.09. The van der Waals surface area contributed by atoms with Crippen LogP contribution in [0.1, 0.15) is 28.3 Å². The van der Waals surface area contributed by atoms with Crippen molar-refractivity contribution in [3.63, 3.8) is 0 Å². The molecule has 4 heteroatoms. The normalized spacial score (nSPS) is 12.8. The molecule has 0 aliphatic carbocycles. The number of rotatable bonds is 4. The lowest BCUT2D eigenvalue weighted by atomic mass is 9.86. The summed E-state index contributed by atoms with van der Waals surface area (Å²) < 4.78 is 3.09. The second-order valence-corrected chi connectivity index (χ2v) is 7.86. The number of aromatic nitrogens is 2. The summed E-state index contributed by atoms with van der Waals surface area (Å²) in [5.41, 5.74) is 6.03. The number of hydrogen-bond acceptors (Lipinski definition) is 2. The summed E-state index contributed by atoms with van der Waals surface area (Å²) in [6.07, 6.45) is 0.991. The summed E-state index contributed by atoms with van der Waals surface area (Å²) in [5.74, 6) is 1.22. The Labute approximate surface area is 173 Å². The van der Waals surface area contributed by atoms with E-state index >= 15 is 0 Å². The van der Waals surface area contributed by atoms with E-state index in [9.17, 15) is 0 Å². The molecule has 0 fully saturated rings. The van der Waals surface area contributed by atoms with Crippen molar-refractivity contribution >= 4 is 21.7 Å². The maximum atomic E-state index is 5.14. The van der Waals surface area contributed by atoms with Gasteiger partial charge in [-0.25, -0.2) is 4.68 Å². The molecule has 0 bridgehead atoms. The molecule has 1 aliphatic heterocycles. The van der Waals surface area contributed by atoms with Gasteiger partial charge in [-0.3, -0.25) is 0 Å². The van der Waals surface area contributed by atoms with Crippen molar-refractivity contribution < 1.29 is 0 Å². The molecule has 3 nitrogen and oxygen atoms in total. The van der Waals surface area contributed by atoms with Crippen molar-refractivity contribution in [3.05, 3.63) is 112 Å². The van der Waals surface area contributed by atoms with E-state index in [0.29, 0.717) is 0 Å². The first-order chi connectivity index (χ1) is 13.8. The van der Waals surface area contributed by atoms with E-state index in [2.05, 4.69) is 105 Å². The second kappa shape index (κ2) is 7.28. The molecule has 1 aliphatic rings. The van der Waals surface area contributed by atoms with Crippen molar-refractivity contribution in [2.24, 2.45) is 0 Å². The predicted molar refractivity (Wildman–Crippen MR) is 117 cm³/mol. The molecule has 0 spiro atoms. The summed E-state index contributed by atoms with van der Waals surface area (Å²) in [7, 11) is 0. The van der Waals surface area contributed by atoms with Crippen LogP contribution in [0.15, 0.2) is 89.4 Å². The first-order valence-electron chi connectivity index (χ1n) is 9.53. The van der Waals surface area contributed by atoms with Crippen LogP contribution in [0.3, 0.4) is 0 Å². The van der Waals surface area contributed by atoms with E-state index in [1.165, 1.54) is 16.7 Å². The van der Waals surface area contributed by atoms with Gasteiger partial charge in [0.25, 0.3) is 0 Å². The monoisotopic (exact) mass is 429 g/mol. The standard InChI is InChI=1S/C24H20BrN3/c25-20-13-7-8-14-21(20)28-24-19(15-16-26-24)23(27-28)22(17-9-3-1-4-10-17)18-11-5-2-6-12-18/h1-14,22,26H,15-16H2. The highest BCUT2D eigenvalue weighted by Gasteiger charge is 2.30. The van der Waals surface area contributed by atoms with Gasteiger partial charge in [0.1, 0.15) is 5.82 Å². The SMILES string of the molecule is Brc1ccccc1-n1nc(C(c2ccccc2)c2ccccc2)c2c1NCC2. The number of halogens is 1. The fraction of sp³-hybridized carbons (Fsp3) is 0.125.